The summed E-state index contributed by atoms with van der Waals surface area (Å²) in [4.78, 5) is 68.7. The number of fused-ring (bicyclic) bond motifs is 6. The van der Waals surface area contributed by atoms with Gasteiger partial charge in [0.15, 0.2) is 0 Å². The Morgan fingerprint density at radius 2 is 1.04 bits per heavy atom. The monoisotopic (exact) mass is 1400 g/mol. The Kier molecular flexibility index (Phi) is 17.5. The average Bonchev–Trinajstić information content (AvgIpc) is 1.71. The summed E-state index contributed by atoms with van der Waals surface area (Å²) in [5.41, 5.74) is 11.6. The Morgan fingerprint density at radius 3 is 1.58 bits per heavy atom. The molecule has 0 saturated carbocycles. The van der Waals surface area contributed by atoms with Gasteiger partial charge in [-0.25, -0.2) is 41.3 Å². The van der Waals surface area contributed by atoms with E-state index < -0.39 is 19.3 Å². The number of alkyl halides is 6. The third-order valence-corrected chi connectivity index (χ3v) is 21.1. The molecular formula is C76H76F6N18O3. The number of pyridine rings is 1. The van der Waals surface area contributed by atoms with Gasteiger partial charge in [-0.3, -0.25) is 28.4 Å². The maximum absolute atomic E-state index is 16.1. The van der Waals surface area contributed by atoms with E-state index in [0.29, 0.717) is 175 Å². The molecule has 0 saturated heterocycles. The summed E-state index contributed by atoms with van der Waals surface area (Å²) in [6.07, 6.45) is 11.2. The number of aromatic amines is 2. The second-order valence-corrected chi connectivity index (χ2v) is 27.4. The zero-order valence-electron chi connectivity index (χ0n) is 58.2. The number of hydrogen-bond donors (Lipinski definition) is 5. The molecule has 15 rings (SSSR count). The number of hydrogen-bond acceptors (Lipinski definition) is 12. The Hall–Kier alpha value is -11.3. The third-order valence-electron chi connectivity index (χ3n) is 21.1. The second-order valence-electron chi connectivity index (χ2n) is 27.4. The molecule has 103 heavy (non-hydrogen) atoms. The fourth-order valence-corrected chi connectivity index (χ4v) is 16.0. The van der Waals surface area contributed by atoms with Crippen LogP contribution in [0.2, 0.25) is 0 Å². The Balaban J connectivity index is 0.830. The first kappa shape index (κ1) is 67.6. The van der Waals surface area contributed by atoms with Crippen molar-refractivity contribution in [3.8, 4) is 33.4 Å². The van der Waals surface area contributed by atoms with Gasteiger partial charge >= 0.3 is 0 Å². The lowest BCUT2D eigenvalue weighted by Gasteiger charge is -2.38. The molecule has 4 atom stereocenters. The highest BCUT2D eigenvalue weighted by atomic mass is 19.3. The molecular weight excluding hydrogens is 1330 g/mol. The molecule has 0 fully saturated rings. The first-order valence-corrected chi connectivity index (χ1v) is 34.4. The van der Waals surface area contributed by atoms with Crippen molar-refractivity contribution in [2.24, 2.45) is 28.2 Å². The van der Waals surface area contributed by atoms with Crippen LogP contribution in [0.1, 0.15) is 165 Å². The van der Waals surface area contributed by atoms with E-state index in [-0.39, 0.29) is 64.0 Å². The van der Waals surface area contributed by atoms with E-state index in [1.54, 1.807) is 135 Å². The zero-order valence-corrected chi connectivity index (χ0v) is 58.2. The Labute approximate surface area is 588 Å². The number of H-pyrrole nitrogens is 2. The van der Waals surface area contributed by atoms with E-state index in [9.17, 15) is 14.4 Å². The smallest absolute Gasteiger partial charge is 0.264 e. The van der Waals surface area contributed by atoms with Gasteiger partial charge in [0.2, 0.25) is 5.95 Å². The number of anilines is 6. The van der Waals surface area contributed by atoms with Crippen LogP contribution in [-0.2, 0) is 34.6 Å². The lowest BCUT2D eigenvalue weighted by atomic mass is 9.79. The van der Waals surface area contributed by atoms with Crippen molar-refractivity contribution in [3.63, 3.8) is 0 Å². The Morgan fingerprint density at radius 1 is 0.534 bits per heavy atom. The van der Waals surface area contributed by atoms with Gasteiger partial charge in [-0.2, -0.15) is 15.3 Å². The number of aromatic nitrogens is 12. The van der Waals surface area contributed by atoms with Gasteiger partial charge in [0.1, 0.15) is 11.3 Å². The molecule has 0 bridgehead atoms. The predicted molar refractivity (Wildman–Crippen MR) is 384 cm³/mol. The van der Waals surface area contributed by atoms with Crippen LogP contribution in [0.4, 0.5) is 60.9 Å². The van der Waals surface area contributed by atoms with Crippen molar-refractivity contribution in [2.75, 3.05) is 55.5 Å². The maximum atomic E-state index is 16.1. The average molecular weight is 1400 g/mol. The number of nitrogens with one attached hydrogen (secondary N) is 5. The van der Waals surface area contributed by atoms with Gasteiger partial charge in [0.05, 0.1) is 58.2 Å². The number of benzene rings is 4. The van der Waals surface area contributed by atoms with Gasteiger partial charge in [-0.05, 0) is 150 Å². The molecule has 3 aliphatic heterocycles. The summed E-state index contributed by atoms with van der Waals surface area (Å²) >= 11 is 0. The van der Waals surface area contributed by atoms with Gasteiger partial charge < -0.3 is 45.2 Å². The molecule has 12 aromatic rings. The van der Waals surface area contributed by atoms with Gasteiger partial charge in [-0.1, -0.05) is 13.8 Å². The van der Waals surface area contributed by atoms with Crippen LogP contribution >= 0.6 is 0 Å². The SMILES string of the molecule is CNC(=O)c1c[nH]c2c(C(C)CC3CCN(c4ncc5c(n4)c(C(=O)NC)cn5C)c4cc(C(F)F)c(-c5cnn(C)c5)cc43)cc(N3CCC(CC(C)c4nc(N5CCCc6cc(-c7cnn(C)c7)c(C(F)F)cc65)cc5c(C(=O)NC)c[nH]c45)c4cc(-c5cnn(C)c5)c(C(F)F)cc43)cc12. The summed E-state index contributed by atoms with van der Waals surface area (Å²) in [5, 5.41) is 22.5. The van der Waals surface area contributed by atoms with E-state index >= 15 is 26.3 Å². The summed E-state index contributed by atoms with van der Waals surface area (Å²) in [7, 11) is 11.6. The topological polar surface area (TPSA) is 226 Å². The normalized spacial score (nSPS) is 16.0. The summed E-state index contributed by atoms with van der Waals surface area (Å²) < 4.78 is 100. The van der Waals surface area contributed by atoms with Crippen LogP contribution < -0.4 is 30.7 Å². The highest BCUT2D eigenvalue weighted by Crippen LogP contribution is 2.53. The molecule has 3 amide bonds. The first-order valence-electron chi connectivity index (χ1n) is 34.4. The molecule has 4 aromatic carbocycles. The van der Waals surface area contributed by atoms with Crippen LogP contribution in [-0.4, -0.2) is 117 Å². The lowest BCUT2D eigenvalue weighted by molar-refractivity contribution is 0.0956. The van der Waals surface area contributed by atoms with Crippen molar-refractivity contribution >= 4 is 85.1 Å². The first-order chi connectivity index (χ1) is 49.6. The molecule has 0 aliphatic carbocycles. The molecule has 27 heteroatoms. The zero-order chi connectivity index (χ0) is 72.1. The number of aryl methyl sites for hydroxylation is 5. The number of amides is 3. The van der Waals surface area contributed by atoms with Crippen molar-refractivity contribution < 1.29 is 40.7 Å². The predicted octanol–water partition coefficient (Wildman–Crippen LogP) is 15.1. The molecule has 0 radical (unpaired) electrons. The molecule has 530 valence electrons. The number of halogens is 6. The highest BCUT2D eigenvalue weighted by molar-refractivity contribution is 6.10. The van der Waals surface area contributed by atoms with Crippen LogP contribution in [0.25, 0.3) is 66.2 Å². The molecule has 21 nitrogen and oxygen atoms in total. The van der Waals surface area contributed by atoms with Crippen LogP contribution in [0.3, 0.4) is 0 Å². The largest absolute Gasteiger partial charge is 0.360 e. The number of nitrogens with zero attached hydrogens (tertiary/aromatic N) is 13. The van der Waals surface area contributed by atoms with Crippen LogP contribution in [0.15, 0.2) is 117 Å². The summed E-state index contributed by atoms with van der Waals surface area (Å²) in [6, 6.07) is 16.0. The number of rotatable bonds is 18. The van der Waals surface area contributed by atoms with E-state index in [2.05, 4.69) is 66.0 Å². The molecule has 11 heterocycles. The standard InChI is InChI=1S/C76H76F6N18O3/c1-38(17-40-13-16-100(76-88-33-64-68(93-76)60(37-94(64)6)75(103)85-5)63-26-57(72(81)82)50(23-52(40)63)45-30-91-97(9)36-45)47-20-46(21-53-58(73(101)83-3)31-86-67(47)53)98-15-12-41(51-22-49(44-29-90-96(8)35-44)56(71(79)80)25-62(51)98)18-39(2)66-69-54(59(32-87-69)74(102)84-4)27-65(92-66)99-14-10-11-42-19-48(43-28-89-95(7)34-43)55(70(77)78)24-61(42)99/h19-41,70-72,86-87H,10-18H2,1-9H3,(H,83,101)(H,84,102)(H,85,103). The number of carbonyl (C=O) groups is 3. The van der Waals surface area contributed by atoms with Crippen LogP contribution in [0.5, 0.6) is 0 Å². The summed E-state index contributed by atoms with van der Waals surface area (Å²) in [5.74, 6) is -1.52. The van der Waals surface area contributed by atoms with Crippen molar-refractivity contribution in [2.45, 2.75) is 95.3 Å². The quantitative estimate of drug-likeness (QED) is 0.0506. The second kappa shape index (κ2) is 26.6. The van der Waals surface area contributed by atoms with E-state index in [1.807, 2.05) is 40.1 Å². The van der Waals surface area contributed by atoms with E-state index in [4.69, 9.17) is 15.0 Å². The van der Waals surface area contributed by atoms with Gasteiger partial charge in [0.25, 0.3) is 37.0 Å². The third kappa shape index (κ3) is 11.9. The molecule has 8 aromatic heterocycles. The minimum atomic E-state index is -2.91. The van der Waals surface area contributed by atoms with E-state index in [1.165, 1.54) is 13.1 Å². The number of carbonyl (C=O) groups excluding carboxylic acids is 3. The molecule has 3 aliphatic rings. The van der Waals surface area contributed by atoms with E-state index in [0.717, 1.165) is 22.3 Å². The Bertz CT molecular complexity index is 5350. The lowest BCUT2D eigenvalue weighted by Crippen LogP contribution is -2.29. The molecule has 0 spiro atoms. The molecule has 5 N–H and O–H groups in total. The van der Waals surface area contributed by atoms with Gasteiger partial charge in [-0.15, -0.1) is 0 Å². The highest BCUT2D eigenvalue weighted by Gasteiger charge is 2.37. The van der Waals surface area contributed by atoms with Crippen molar-refractivity contribution in [1.29, 1.82) is 0 Å². The maximum Gasteiger partial charge on any atom is 0.264 e. The molecule has 4 unspecified atom stereocenters. The minimum absolute atomic E-state index is 0.142. The van der Waals surface area contributed by atoms with Crippen molar-refractivity contribution in [1.82, 2.24) is 74.8 Å². The van der Waals surface area contributed by atoms with Crippen molar-refractivity contribution in [3.05, 3.63) is 178 Å². The summed E-state index contributed by atoms with van der Waals surface area (Å²) in [6.45, 7) is 5.28. The van der Waals surface area contributed by atoms with Crippen LogP contribution in [0, 0.1) is 0 Å². The fourth-order valence-electron chi connectivity index (χ4n) is 16.0. The fraction of sp³-hybridized carbons (Fsp3) is 0.329. The van der Waals surface area contributed by atoms with Gasteiger partial charge in [0, 0.05) is 184 Å². The minimum Gasteiger partial charge on any atom is -0.360 e.